The van der Waals surface area contributed by atoms with Gasteiger partial charge in [-0.05, 0) is 24.0 Å². The standard InChI is InChI=1S/C12H18N2.ClH/c1-9(2)7-11-4-3-10-8-13-6-5-12(10)14-11;/h3-4,9,13H,5-8H2,1-2H3;1H. The van der Waals surface area contributed by atoms with Crippen molar-refractivity contribution in [1.82, 2.24) is 10.3 Å². The number of hydrogen-bond donors (Lipinski definition) is 1. The van der Waals surface area contributed by atoms with Gasteiger partial charge in [0.15, 0.2) is 0 Å². The summed E-state index contributed by atoms with van der Waals surface area (Å²) in [7, 11) is 0. The quantitative estimate of drug-likeness (QED) is 0.838. The van der Waals surface area contributed by atoms with E-state index in [1.54, 1.807) is 0 Å². The number of hydrogen-bond acceptors (Lipinski definition) is 2. The van der Waals surface area contributed by atoms with E-state index in [0.717, 1.165) is 25.9 Å². The summed E-state index contributed by atoms with van der Waals surface area (Å²) < 4.78 is 0. The molecule has 0 spiro atoms. The zero-order valence-corrected chi connectivity index (χ0v) is 10.2. The molecule has 15 heavy (non-hydrogen) atoms. The number of nitrogens with one attached hydrogen (secondary N) is 1. The number of pyridine rings is 1. The Morgan fingerprint density at radius 3 is 2.93 bits per heavy atom. The third-order valence-corrected chi connectivity index (χ3v) is 2.60. The minimum atomic E-state index is 0. The van der Waals surface area contributed by atoms with Gasteiger partial charge in [0.25, 0.3) is 0 Å². The summed E-state index contributed by atoms with van der Waals surface area (Å²) in [6.45, 7) is 6.54. The third-order valence-electron chi connectivity index (χ3n) is 2.60. The van der Waals surface area contributed by atoms with E-state index in [1.165, 1.54) is 17.0 Å². The fraction of sp³-hybridized carbons (Fsp3) is 0.583. The number of nitrogens with zero attached hydrogens (tertiary/aromatic N) is 1. The zero-order chi connectivity index (χ0) is 9.97. The summed E-state index contributed by atoms with van der Waals surface area (Å²) in [6.07, 6.45) is 2.18. The number of halogens is 1. The first kappa shape index (κ1) is 12.5. The van der Waals surface area contributed by atoms with E-state index in [-0.39, 0.29) is 12.4 Å². The fourth-order valence-corrected chi connectivity index (χ4v) is 1.91. The Kier molecular flexibility index (Phi) is 4.55. The zero-order valence-electron chi connectivity index (χ0n) is 9.42. The second-order valence-electron chi connectivity index (χ2n) is 4.43. The molecule has 0 bridgehead atoms. The predicted molar refractivity (Wildman–Crippen MR) is 65.4 cm³/mol. The van der Waals surface area contributed by atoms with Gasteiger partial charge >= 0.3 is 0 Å². The van der Waals surface area contributed by atoms with Crippen LogP contribution in [-0.4, -0.2) is 11.5 Å². The lowest BCUT2D eigenvalue weighted by molar-refractivity contribution is 0.607. The van der Waals surface area contributed by atoms with Gasteiger partial charge in [0.05, 0.1) is 0 Å². The van der Waals surface area contributed by atoms with Crippen LogP contribution >= 0.6 is 12.4 Å². The molecule has 2 nitrogen and oxygen atoms in total. The summed E-state index contributed by atoms with van der Waals surface area (Å²) in [4.78, 5) is 4.71. The highest BCUT2D eigenvalue weighted by atomic mass is 35.5. The molecule has 0 saturated carbocycles. The molecule has 1 N–H and O–H groups in total. The largest absolute Gasteiger partial charge is 0.312 e. The second-order valence-corrected chi connectivity index (χ2v) is 4.43. The van der Waals surface area contributed by atoms with Gasteiger partial charge in [-0.3, -0.25) is 4.98 Å². The molecule has 84 valence electrons. The van der Waals surface area contributed by atoms with Crippen LogP contribution in [0.2, 0.25) is 0 Å². The molecule has 0 amide bonds. The van der Waals surface area contributed by atoms with Crippen LogP contribution in [-0.2, 0) is 19.4 Å². The summed E-state index contributed by atoms with van der Waals surface area (Å²) in [5, 5.41) is 3.36. The van der Waals surface area contributed by atoms with Crippen molar-refractivity contribution in [2.24, 2.45) is 5.92 Å². The van der Waals surface area contributed by atoms with E-state index >= 15 is 0 Å². The molecule has 0 fully saturated rings. The molecule has 0 aromatic carbocycles. The molecule has 1 aliphatic heterocycles. The molecule has 0 unspecified atom stereocenters. The van der Waals surface area contributed by atoms with E-state index in [9.17, 15) is 0 Å². The molecule has 0 aliphatic carbocycles. The van der Waals surface area contributed by atoms with Crippen molar-refractivity contribution in [3.63, 3.8) is 0 Å². The van der Waals surface area contributed by atoms with Gasteiger partial charge in [-0.25, -0.2) is 0 Å². The average molecular weight is 227 g/mol. The monoisotopic (exact) mass is 226 g/mol. The highest BCUT2D eigenvalue weighted by Gasteiger charge is 2.10. The van der Waals surface area contributed by atoms with E-state index < -0.39 is 0 Å². The normalized spacial score (nSPS) is 14.6. The molecule has 2 heterocycles. The van der Waals surface area contributed by atoms with Gasteiger partial charge in [0.2, 0.25) is 0 Å². The van der Waals surface area contributed by atoms with Crippen LogP contribution in [0.25, 0.3) is 0 Å². The third kappa shape index (κ3) is 3.18. The lowest BCUT2D eigenvalue weighted by atomic mass is 10.0. The second kappa shape index (κ2) is 5.47. The van der Waals surface area contributed by atoms with Crippen LogP contribution < -0.4 is 5.32 Å². The van der Waals surface area contributed by atoms with E-state index in [4.69, 9.17) is 4.98 Å². The first-order chi connectivity index (χ1) is 6.75. The molecular formula is C12H19ClN2. The highest BCUT2D eigenvalue weighted by molar-refractivity contribution is 5.85. The topological polar surface area (TPSA) is 24.9 Å². The van der Waals surface area contributed by atoms with Crippen LogP contribution in [0.4, 0.5) is 0 Å². The molecule has 0 radical (unpaired) electrons. The van der Waals surface area contributed by atoms with Crippen LogP contribution in [0, 0.1) is 5.92 Å². The van der Waals surface area contributed by atoms with E-state index in [2.05, 4.69) is 31.3 Å². The van der Waals surface area contributed by atoms with Gasteiger partial charge in [-0.2, -0.15) is 0 Å². The molecule has 0 saturated heterocycles. The molecule has 3 heteroatoms. The van der Waals surface area contributed by atoms with Crippen LogP contribution in [0.3, 0.4) is 0 Å². The Hall–Kier alpha value is -0.600. The van der Waals surface area contributed by atoms with E-state index in [0.29, 0.717) is 5.92 Å². The van der Waals surface area contributed by atoms with Gasteiger partial charge in [-0.15, -0.1) is 12.4 Å². The molecule has 2 rings (SSSR count). The van der Waals surface area contributed by atoms with Crippen molar-refractivity contribution in [1.29, 1.82) is 0 Å². The summed E-state index contributed by atoms with van der Waals surface area (Å²) in [5.74, 6) is 0.697. The Morgan fingerprint density at radius 1 is 1.40 bits per heavy atom. The fourth-order valence-electron chi connectivity index (χ4n) is 1.91. The Balaban J connectivity index is 0.00000112. The maximum Gasteiger partial charge on any atom is 0.0464 e. The summed E-state index contributed by atoms with van der Waals surface area (Å²) in [6, 6.07) is 4.40. The molecule has 0 atom stereocenters. The SMILES string of the molecule is CC(C)Cc1ccc2c(n1)CCNC2.Cl. The van der Waals surface area contributed by atoms with Crippen LogP contribution in [0.5, 0.6) is 0 Å². The minimum Gasteiger partial charge on any atom is -0.312 e. The van der Waals surface area contributed by atoms with Crippen molar-refractivity contribution < 1.29 is 0 Å². The maximum atomic E-state index is 4.71. The van der Waals surface area contributed by atoms with Crippen molar-refractivity contribution in [2.75, 3.05) is 6.54 Å². The first-order valence-electron chi connectivity index (χ1n) is 5.44. The Bertz CT molecular complexity index is 323. The number of aromatic nitrogens is 1. The van der Waals surface area contributed by atoms with Gasteiger partial charge in [0, 0.05) is 30.9 Å². The molecule has 1 aromatic heterocycles. The van der Waals surface area contributed by atoms with Crippen molar-refractivity contribution in [3.05, 3.63) is 29.1 Å². The highest BCUT2D eigenvalue weighted by Crippen LogP contribution is 2.14. The van der Waals surface area contributed by atoms with Crippen molar-refractivity contribution in [2.45, 2.75) is 33.2 Å². The van der Waals surface area contributed by atoms with Gasteiger partial charge < -0.3 is 5.32 Å². The minimum absolute atomic E-state index is 0. The smallest absolute Gasteiger partial charge is 0.0464 e. The molecule has 1 aromatic rings. The molecule has 1 aliphatic rings. The summed E-state index contributed by atoms with van der Waals surface area (Å²) in [5.41, 5.74) is 3.94. The lowest BCUT2D eigenvalue weighted by Gasteiger charge is -2.17. The van der Waals surface area contributed by atoms with Crippen molar-refractivity contribution >= 4 is 12.4 Å². The number of fused-ring (bicyclic) bond motifs is 1. The van der Waals surface area contributed by atoms with Crippen molar-refractivity contribution in [3.8, 4) is 0 Å². The average Bonchev–Trinajstić information content (AvgIpc) is 2.17. The first-order valence-corrected chi connectivity index (χ1v) is 5.44. The van der Waals surface area contributed by atoms with Gasteiger partial charge in [-0.1, -0.05) is 19.9 Å². The summed E-state index contributed by atoms with van der Waals surface area (Å²) >= 11 is 0. The lowest BCUT2D eigenvalue weighted by Crippen LogP contribution is -2.24. The van der Waals surface area contributed by atoms with Gasteiger partial charge in [0.1, 0.15) is 0 Å². The van der Waals surface area contributed by atoms with E-state index in [1.807, 2.05) is 0 Å². The Labute approximate surface area is 97.9 Å². The number of rotatable bonds is 2. The predicted octanol–water partition coefficient (Wildman–Crippen LogP) is 2.35. The van der Waals surface area contributed by atoms with Crippen LogP contribution in [0.1, 0.15) is 30.8 Å². The molecular weight excluding hydrogens is 208 g/mol. The maximum absolute atomic E-state index is 4.71. The Morgan fingerprint density at radius 2 is 2.20 bits per heavy atom. The van der Waals surface area contributed by atoms with Crippen LogP contribution in [0.15, 0.2) is 12.1 Å².